The van der Waals surface area contributed by atoms with Crippen LogP contribution in [0.1, 0.15) is 39.5 Å². The largest absolute Gasteiger partial charge is 0.316 e. The van der Waals surface area contributed by atoms with Gasteiger partial charge in [0.25, 0.3) is 0 Å². The van der Waals surface area contributed by atoms with Gasteiger partial charge in [0.2, 0.25) is 10.0 Å². The van der Waals surface area contributed by atoms with Crippen LogP contribution in [0.2, 0.25) is 0 Å². The lowest BCUT2D eigenvalue weighted by atomic mass is 9.91. The molecule has 0 aromatic heterocycles. The Morgan fingerprint density at radius 1 is 1.28 bits per heavy atom. The van der Waals surface area contributed by atoms with E-state index in [1.54, 1.807) is 0 Å². The quantitative estimate of drug-likeness (QED) is 0.844. The van der Waals surface area contributed by atoms with Crippen LogP contribution in [0.4, 0.5) is 0 Å². The molecule has 2 unspecified atom stereocenters. The van der Waals surface area contributed by atoms with Crippen molar-refractivity contribution in [3.8, 4) is 0 Å². The summed E-state index contributed by atoms with van der Waals surface area (Å²) < 4.78 is 26.6. The average Bonchev–Trinajstić information content (AvgIpc) is 2.78. The SMILES string of the molecule is CC(C)CS(=O)(=O)N1CCCC1C1CCCNC1. The average molecular weight is 274 g/mol. The van der Waals surface area contributed by atoms with Gasteiger partial charge in [0.05, 0.1) is 5.75 Å². The molecule has 1 N–H and O–H groups in total. The Morgan fingerprint density at radius 3 is 2.67 bits per heavy atom. The van der Waals surface area contributed by atoms with E-state index in [-0.39, 0.29) is 12.0 Å². The molecule has 4 nitrogen and oxygen atoms in total. The predicted octanol–water partition coefficient (Wildman–Crippen LogP) is 1.44. The Morgan fingerprint density at radius 2 is 2.06 bits per heavy atom. The summed E-state index contributed by atoms with van der Waals surface area (Å²) in [6.45, 7) is 6.76. The Bertz CT molecular complexity index is 361. The minimum absolute atomic E-state index is 0.209. The molecule has 0 radical (unpaired) electrons. The molecule has 2 heterocycles. The molecule has 2 saturated heterocycles. The fourth-order valence-corrected chi connectivity index (χ4v) is 5.44. The number of rotatable bonds is 4. The summed E-state index contributed by atoms with van der Waals surface area (Å²) in [5.41, 5.74) is 0. The van der Waals surface area contributed by atoms with Gasteiger partial charge in [-0.3, -0.25) is 0 Å². The van der Waals surface area contributed by atoms with Crippen LogP contribution < -0.4 is 5.32 Å². The van der Waals surface area contributed by atoms with Gasteiger partial charge >= 0.3 is 0 Å². The number of hydrogen-bond acceptors (Lipinski definition) is 3. The van der Waals surface area contributed by atoms with Crippen molar-refractivity contribution in [3.63, 3.8) is 0 Å². The second-order valence-corrected chi connectivity index (χ2v) is 8.07. The molecule has 2 atom stereocenters. The van der Waals surface area contributed by atoms with Crippen molar-refractivity contribution >= 4 is 10.0 Å². The zero-order chi connectivity index (χ0) is 13.2. The second kappa shape index (κ2) is 5.88. The first kappa shape index (κ1) is 14.3. The van der Waals surface area contributed by atoms with Gasteiger partial charge in [-0.2, -0.15) is 4.31 Å². The minimum Gasteiger partial charge on any atom is -0.316 e. The van der Waals surface area contributed by atoms with Crippen molar-refractivity contribution in [3.05, 3.63) is 0 Å². The first-order valence-electron chi connectivity index (χ1n) is 7.21. The number of sulfonamides is 1. The number of nitrogens with zero attached hydrogens (tertiary/aromatic N) is 1. The van der Waals surface area contributed by atoms with Crippen LogP contribution in [0.5, 0.6) is 0 Å². The molecule has 2 rings (SSSR count). The maximum absolute atomic E-state index is 12.4. The Hall–Kier alpha value is -0.130. The van der Waals surface area contributed by atoms with Crippen LogP contribution in [0, 0.1) is 11.8 Å². The molecule has 2 aliphatic heterocycles. The smallest absolute Gasteiger partial charge is 0.214 e. The third-order valence-electron chi connectivity index (χ3n) is 4.03. The van der Waals surface area contributed by atoms with E-state index in [0.29, 0.717) is 11.7 Å². The van der Waals surface area contributed by atoms with E-state index in [0.717, 1.165) is 32.5 Å². The van der Waals surface area contributed by atoms with Crippen molar-refractivity contribution in [1.29, 1.82) is 0 Å². The van der Waals surface area contributed by atoms with Crippen LogP contribution in [0.3, 0.4) is 0 Å². The summed E-state index contributed by atoms with van der Waals surface area (Å²) in [5, 5.41) is 3.40. The molecule has 106 valence electrons. The zero-order valence-electron chi connectivity index (χ0n) is 11.6. The van der Waals surface area contributed by atoms with E-state index in [9.17, 15) is 8.42 Å². The van der Waals surface area contributed by atoms with Gasteiger partial charge in [-0.1, -0.05) is 13.8 Å². The fraction of sp³-hybridized carbons (Fsp3) is 1.00. The lowest BCUT2D eigenvalue weighted by molar-refractivity contribution is 0.238. The number of piperidine rings is 1. The molecule has 0 aliphatic carbocycles. The van der Waals surface area contributed by atoms with Crippen LogP contribution in [-0.4, -0.2) is 44.2 Å². The first-order valence-corrected chi connectivity index (χ1v) is 8.82. The molecule has 0 aromatic rings. The number of hydrogen-bond donors (Lipinski definition) is 1. The lowest BCUT2D eigenvalue weighted by Gasteiger charge is -2.34. The molecule has 18 heavy (non-hydrogen) atoms. The summed E-state index contributed by atoms with van der Waals surface area (Å²) >= 11 is 0. The number of nitrogens with one attached hydrogen (secondary N) is 1. The van der Waals surface area contributed by atoms with Crippen molar-refractivity contribution in [2.75, 3.05) is 25.4 Å². The zero-order valence-corrected chi connectivity index (χ0v) is 12.4. The second-order valence-electron chi connectivity index (χ2n) is 6.10. The standard InChI is InChI=1S/C13H26N2O2S/c1-11(2)10-18(16,17)15-8-4-6-13(15)12-5-3-7-14-9-12/h11-14H,3-10H2,1-2H3. The third kappa shape index (κ3) is 3.25. The molecule has 0 aromatic carbocycles. The summed E-state index contributed by atoms with van der Waals surface area (Å²) in [7, 11) is -3.05. The molecular formula is C13H26N2O2S. The third-order valence-corrected chi connectivity index (χ3v) is 6.28. The summed E-state index contributed by atoms with van der Waals surface area (Å²) in [5.74, 6) is 1.02. The highest BCUT2D eigenvalue weighted by atomic mass is 32.2. The van der Waals surface area contributed by atoms with Crippen LogP contribution in [-0.2, 0) is 10.0 Å². The molecule has 0 amide bonds. The Kier molecular flexibility index (Phi) is 4.67. The van der Waals surface area contributed by atoms with Gasteiger partial charge in [-0.15, -0.1) is 0 Å². The minimum atomic E-state index is -3.05. The van der Waals surface area contributed by atoms with Crippen molar-refractivity contribution in [2.45, 2.75) is 45.6 Å². The van der Waals surface area contributed by atoms with E-state index in [1.165, 1.54) is 12.8 Å². The Labute approximate surface area is 111 Å². The molecule has 5 heteroatoms. The van der Waals surface area contributed by atoms with Crippen LogP contribution >= 0.6 is 0 Å². The highest BCUT2D eigenvalue weighted by molar-refractivity contribution is 7.89. The maximum atomic E-state index is 12.4. The van der Waals surface area contributed by atoms with Gasteiger partial charge in [0, 0.05) is 12.6 Å². The lowest BCUT2D eigenvalue weighted by Crippen LogP contribution is -2.46. The molecule has 2 fully saturated rings. The van der Waals surface area contributed by atoms with E-state index >= 15 is 0 Å². The predicted molar refractivity (Wildman–Crippen MR) is 73.9 cm³/mol. The van der Waals surface area contributed by atoms with Crippen molar-refractivity contribution in [2.24, 2.45) is 11.8 Å². The van der Waals surface area contributed by atoms with Crippen LogP contribution in [0.15, 0.2) is 0 Å². The molecular weight excluding hydrogens is 248 g/mol. The van der Waals surface area contributed by atoms with Gasteiger partial charge in [-0.05, 0) is 50.6 Å². The molecule has 0 spiro atoms. The summed E-state index contributed by atoms with van der Waals surface area (Å²) in [6, 6.07) is 0.251. The van der Waals surface area contributed by atoms with E-state index < -0.39 is 10.0 Å². The van der Waals surface area contributed by atoms with Crippen molar-refractivity contribution < 1.29 is 8.42 Å². The van der Waals surface area contributed by atoms with Gasteiger partial charge in [-0.25, -0.2) is 8.42 Å². The van der Waals surface area contributed by atoms with Gasteiger partial charge < -0.3 is 5.32 Å². The highest BCUT2D eigenvalue weighted by Gasteiger charge is 2.38. The summed E-state index contributed by atoms with van der Waals surface area (Å²) in [4.78, 5) is 0. The monoisotopic (exact) mass is 274 g/mol. The normalized spacial score (nSPS) is 31.1. The topological polar surface area (TPSA) is 49.4 Å². The molecule has 0 bridgehead atoms. The van der Waals surface area contributed by atoms with E-state index in [2.05, 4.69) is 5.32 Å². The fourth-order valence-electron chi connectivity index (χ4n) is 3.31. The Balaban J connectivity index is 2.06. The van der Waals surface area contributed by atoms with E-state index in [1.807, 2.05) is 18.2 Å². The van der Waals surface area contributed by atoms with Crippen LogP contribution in [0.25, 0.3) is 0 Å². The van der Waals surface area contributed by atoms with Gasteiger partial charge in [0.15, 0.2) is 0 Å². The molecule has 0 saturated carbocycles. The maximum Gasteiger partial charge on any atom is 0.214 e. The summed E-state index contributed by atoms with van der Waals surface area (Å²) in [6.07, 6.45) is 4.42. The first-order chi connectivity index (χ1) is 8.50. The van der Waals surface area contributed by atoms with Crippen molar-refractivity contribution in [1.82, 2.24) is 9.62 Å². The molecule has 2 aliphatic rings. The van der Waals surface area contributed by atoms with Gasteiger partial charge in [0.1, 0.15) is 0 Å². The highest BCUT2D eigenvalue weighted by Crippen LogP contribution is 2.30. The van der Waals surface area contributed by atoms with E-state index in [4.69, 9.17) is 0 Å².